The van der Waals surface area contributed by atoms with E-state index in [0.29, 0.717) is 17.0 Å². The molecule has 4 aromatic rings. The molecule has 0 bridgehead atoms. The molecule has 3 heterocycles. The molecule has 1 aromatic carbocycles. The van der Waals surface area contributed by atoms with Crippen LogP contribution in [0.2, 0.25) is 0 Å². The van der Waals surface area contributed by atoms with Gasteiger partial charge in [-0.1, -0.05) is 24.3 Å². The second-order valence-corrected chi connectivity index (χ2v) is 5.82. The summed E-state index contributed by atoms with van der Waals surface area (Å²) in [4.78, 5) is 8.59. The Morgan fingerprint density at radius 2 is 1.81 bits per heavy atom. The highest BCUT2D eigenvalue weighted by atomic mass is 19.4. The van der Waals surface area contributed by atoms with Crippen LogP contribution in [0.3, 0.4) is 0 Å². The standard InChI is InChI=1S/C19H13F3N4/c1-12-15(18-23-11-10-17(19(20,21)22)26(18)25-12)9-8-14-7-6-13-4-2-3-5-16(13)24-14/h2-11H,1H3/b9-8+. The van der Waals surface area contributed by atoms with Gasteiger partial charge in [0.25, 0.3) is 0 Å². The molecule has 0 unspecified atom stereocenters. The number of fused-ring (bicyclic) bond motifs is 2. The summed E-state index contributed by atoms with van der Waals surface area (Å²) in [5, 5.41) is 5.03. The number of halogens is 3. The molecule has 0 atom stereocenters. The topological polar surface area (TPSA) is 43.1 Å². The van der Waals surface area contributed by atoms with Crippen LogP contribution in [0.4, 0.5) is 13.2 Å². The van der Waals surface area contributed by atoms with Gasteiger partial charge in [-0.25, -0.2) is 14.5 Å². The molecular formula is C19H13F3N4. The fourth-order valence-electron chi connectivity index (χ4n) is 2.82. The SMILES string of the molecule is Cc1nn2c(C(F)(F)F)ccnc2c1/C=C/c1ccc2ccccc2n1. The van der Waals surface area contributed by atoms with Crippen LogP contribution >= 0.6 is 0 Å². The number of alkyl halides is 3. The van der Waals surface area contributed by atoms with E-state index >= 15 is 0 Å². The summed E-state index contributed by atoms with van der Waals surface area (Å²) in [6.45, 7) is 1.66. The number of nitrogens with zero attached hydrogens (tertiary/aromatic N) is 4. The second kappa shape index (κ2) is 5.94. The number of hydrogen-bond donors (Lipinski definition) is 0. The highest BCUT2D eigenvalue weighted by Crippen LogP contribution is 2.30. The number of pyridine rings is 1. The average molecular weight is 354 g/mol. The first kappa shape index (κ1) is 16.3. The van der Waals surface area contributed by atoms with Crippen molar-refractivity contribution < 1.29 is 13.2 Å². The molecule has 7 heteroatoms. The van der Waals surface area contributed by atoms with E-state index in [1.54, 1.807) is 19.1 Å². The summed E-state index contributed by atoms with van der Waals surface area (Å²) in [5.41, 5.74) is 1.86. The molecule has 3 aromatic heterocycles. The molecule has 0 saturated heterocycles. The molecule has 0 fully saturated rings. The largest absolute Gasteiger partial charge is 0.433 e. The molecular weight excluding hydrogens is 341 g/mol. The van der Waals surface area contributed by atoms with Crippen molar-refractivity contribution in [2.24, 2.45) is 0 Å². The monoisotopic (exact) mass is 354 g/mol. The van der Waals surface area contributed by atoms with Gasteiger partial charge in [0.2, 0.25) is 0 Å². The van der Waals surface area contributed by atoms with E-state index in [2.05, 4.69) is 15.1 Å². The van der Waals surface area contributed by atoms with Gasteiger partial charge in [-0.15, -0.1) is 0 Å². The van der Waals surface area contributed by atoms with Crippen LogP contribution in [-0.2, 0) is 6.18 Å². The van der Waals surface area contributed by atoms with Crippen molar-refractivity contribution in [3.63, 3.8) is 0 Å². The van der Waals surface area contributed by atoms with Crippen LogP contribution in [0.5, 0.6) is 0 Å². The highest BCUT2D eigenvalue weighted by molar-refractivity contribution is 5.82. The van der Waals surface area contributed by atoms with Crippen LogP contribution < -0.4 is 0 Å². The Labute approximate surface area is 146 Å². The van der Waals surface area contributed by atoms with Crippen molar-refractivity contribution in [2.45, 2.75) is 13.1 Å². The van der Waals surface area contributed by atoms with E-state index in [1.165, 1.54) is 0 Å². The third-order valence-electron chi connectivity index (χ3n) is 4.07. The quantitative estimate of drug-likeness (QED) is 0.520. The maximum atomic E-state index is 13.1. The smallest absolute Gasteiger partial charge is 0.248 e. The third kappa shape index (κ3) is 2.81. The van der Waals surface area contributed by atoms with Crippen molar-refractivity contribution in [3.05, 3.63) is 71.3 Å². The Bertz CT molecular complexity index is 1140. The van der Waals surface area contributed by atoms with Crippen LogP contribution in [0.15, 0.2) is 48.7 Å². The van der Waals surface area contributed by atoms with E-state index in [4.69, 9.17) is 0 Å². The molecule has 130 valence electrons. The third-order valence-corrected chi connectivity index (χ3v) is 4.07. The van der Waals surface area contributed by atoms with E-state index in [-0.39, 0.29) is 5.65 Å². The number of aryl methyl sites for hydroxylation is 1. The Hall–Kier alpha value is -3.22. The lowest BCUT2D eigenvalue weighted by molar-refractivity contribution is -0.142. The summed E-state index contributed by atoms with van der Waals surface area (Å²) in [6.07, 6.45) is 0.0890. The minimum absolute atomic E-state index is 0.161. The molecule has 0 radical (unpaired) electrons. The summed E-state index contributed by atoms with van der Waals surface area (Å²) < 4.78 is 40.3. The Kier molecular flexibility index (Phi) is 3.72. The van der Waals surface area contributed by atoms with E-state index in [9.17, 15) is 13.2 Å². The fraction of sp³-hybridized carbons (Fsp3) is 0.105. The zero-order chi connectivity index (χ0) is 18.3. The number of benzene rings is 1. The van der Waals surface area contributed by atoms with Gasteiger partial charge in [0, 0.05) is 17.1 Å². The van der Waals surface area contributed by atoms with Crippen LogP contribution in [0.1, 0.15) is 22.6 Å². The fourth-order valence-corrected chi connectivity index (χ4v) is 2.82. The summed E-state index contributed by atoms with van der Waals surface area (Å²) in [7, 11) is 0. The van der Waals surface area contributed by atoms with Gasteiger partial charge in [-0.3, -0.25) is 0 Å². The van der Waals surface area contributed by atoms with Gasteiger partial charge in [0.1, 0.15) is 5.69 Å². The predicted molar refractivity (Wildman–Crippen MR) is 93.4 cm³/mol. The van der Waals surface area contributed by atoms with Crippen LogP contribution in [0.25, 0.3) is 28.7 Å². The van der Waals surface area contributed by atoms with Crippen LogP contribution in [-0.4, -0.2) is 19.6 Å². The number of aromatic nitrogens is 4. The molecule has 4 rings (SSSR count). The van der Waals surface area contributed by atoms with Gasteiger partial charge in [-0.05, 0) is 37.3 Å². The first-order chi connectivity index (χ1) is 12.4. The Balaban J connectivity index is 1.79. The van der Waals surface area contributed by atoms with Crippen molar-refractivity contribution in [2.75, 3.05) is 0 Å². The number of para-hydroxylation sites is 1. The van der Waals surface area contributed by atoms with Gasteiger partial charge in [0.05, 0.1) is 16.9 Å². The lowest BCUT2D eigenvalue weighted by Gasteiger charge is -2.07. The predicted octanol–water partition coefficient (Wildman–Crippen LogP) is 4.78. The molecule has 26 heavy (non-hydrogen) atoms. The zero-order valence-corrected chi connectivity index (χ0v) is 13.7. The normalized spacial score (nSPS) is 12.5. The Morgan fingerprint density at radius 1 is 1.00 bits per heavy atom. The van der Waals surface area contributed by atoms with Gasteiger partial charge in [-0.2, -0.15) is 18.3 Å². The van der Waals surface area contributed by atoms with E-state index in [0.717, 1.165) is 27.7 Å². The van der Waals surface area contributed by atoms with Crippen LogP contribution in [0, 0.1) is 6.92 Å². The summed E-state index contributed by atoms with van der Waals surface area (Å²) in [5.74, 6) is 0. The lowest BCUT2D eigenvalue weighted by atomic mass is 10.1. The maximum Gasteiger partial charge on any atom is 0.433 e. The Morgan fingerprint density at radius 3 is 2.62 bits per heavy atom. The van der Waals surface area contributed by atoms with E-state index in [1.807, 2.05) is 36.4 Å². The van der Waals surface area contributed by atoms with Gasteiger partial charge < -0.3 is 0 Å². The summed E-state index contributed by atoms with van der Waals surface area (Å²) >= 11 is 0. The van der Waals surface area contributed by atoms with Crippen molar-refractivity contribution in [3.8, 4) is 0 Å². The molecule has 0 aliphatic heterocycles. The highest BCUT2D eigenvalue weighted by Gasteiger charge is 2.34. The van der Waals surface area contributed by atoms with Crippen molar-refractivity contribution in [1.82, 2.24) is 19.6 Å². The number of rotatable bonds is 2. The lowest BCUT2D eigenvalue weighted by Crippen LogP contribution is -2.12. The minimum Gasteiger partial charge on any atom is -0.248 e. The molecule has 0 aliphatic rings. The minimum atomic E-state index is -4.50. The molecule has 0 N–H and O–H groups in total. The van der Waals surface area contributed by atoms with Gasteiger partial charge >= 0.3 is 6.18 Å². The molecule has 4 nitrogen and oxygen atoms in total. The molecule has 0 aliphatic carbocycles. The first-order valence-electron chi connectivity index (χ1n) is 7.89. The molecule has 0 saturated carbocycles. The molecule has 0 spiro atoms. The second-order valence-electron chi connectivity index (χ2n) is 5.82. The molecule has 0 amide bonds. The first-order valence-corrected chi connectivity index (χ1v) is 7.89. The maximum absolute atomic E-state index is 13.1. The zero-order valence-electron chi connectivity index (χ0n) is 13.7. The van der Waals surface area contributed by atoms with Crippen molar-refractivity contribution in [1.29, 1.82) is 0 Å². The average Bonchev–Trinajstić information content (AvgIpc) is 2.94. The number of hydrogen-bond acceptors (Lipinski definition) is 3. The van der Waals surface area contributed by atoms with Gasteiger partial charge in [0.15, 0.2) is 5.65 Å². The summed E-state index contributed by atoms with van der Waals surface area (Å²) in [6, 6.07) is 12.4. The van der Waals surface area contributed by atoms with Crippen molar-refractivity contribution >= 4 is 28.7 Å². The van der Waals surface area contributed by atoms with E-state index < -0.39 is 11.9 Å².